The second-order valence-corrected chi connectivity index (χ2v) is 4.99. The average molecular weight is 246 g/mol. The van der Waals surface area contributed by atoms with Crippen molar-refractivity contribution in [2.45, 2.75) is 45.1 Å². The molecule has 1 unspecified atom stereocenters. The van der Waals surface area contributed by atoms with Gasteiger partial charge in [-0.25, -0.2) is 0 Å². The number of ether oxygens (including phenoxy) is 1. The molecule has 0 radical (unpaired) electrons. The summed E-state index contributed by atoms with van der Waals surface area (Å²) < 4.78 is 5.66. The molecule has 0 amide bonds. The third-order valence-electron chi connectivity index (χ3n) is 3.40. The maximum absolute atomic E-state index is 10.1. The molecule has 0 spiro atoms. The van der Waals surface area contributed by atoms with Crippen LogP contribution >= 0.6 is 0 Å². The van der Waals surface area contributed by atoms with Crippen LogP contribution in [-0.4, -0.2) is 17.8 Å². The molecular formula is C16H22O2. The van der Waals surface area contributed by atoms with Crippen LogP contribution in [0.3, 0.4) is 0 Å². The summed E-state index contributed by atoms with van der Waals surface area (Å²) >= 11 is 0. The monoisotopic (exact) mass is 246 g/mol. The molecule has 98 valence electrons. The van der Waals surface area contributed by atoms with Crippen LogP contribution in [0, 0.1) is 6.92 Å². The molecular weight excluding hydrogens is 224 g/mol. The van der Waals surface area contributed by atoms with E-state index in [1.54, 1.807) is 0 Å². The highest BCUT2D eigenvalue weighted by molar-refractivity contribution is 5.27. The third kappa shape index (κ3) is 3.88. The van der Waals surface area contributed by atoms with Crippen molar-refractivity contribution in [3.63, 3.8) is 0 Å². The van der Waals surface area contributed by atoms with Gasteiger partial charge in [0.1, 0.15) is 5.75 Å². The Morgan fingerprint density at radius 3 is 2.94 bits per heavy atom. The van der Waals surface area contributed by atoms with Crippen LogP contribution in [-0.2, 0) is 0 Å². The molecule has 1 aromatic carbocycles. The number of hydrogen-bond donors (Lipinski definition) is 1. The van der Waals surface area contributed by atoms with Crippen molar-refractivity contribution >= 4 is 0 Å². The number of aliphatic hydroxyl groups is 1. The van der Waals surface area contributed by atoms with Crippen LogP contribution in [0.2, 0.25) is 0 Å². The molecule has 2 heteroatoms. The second kappa shape index (κ2) is 6.60. The molecule has 0 fully saturated rings. The Hall–Kier alpha value is -1.28. The summed E-state index contributed by atoms with van der Waals surface area (Å²) in [5, 5.41) is 10.1. The quantitative estimate of drug-likeness (QED) is 0.804. The minimum absolute atomic E-state index is 0.324. The lowest BCUT2D eigenvalue weighted by Gasteiger charge is -2.18. The van der Waals surface area contributed by atoms with E-state index in [4.69, 9.17) is 4.74 Å². The van der Waals surface area contributed by atoms with Gasteiger partial charge in [-0.2, -0.15) is 0 Å². The molecule has 0 aromatic heterocycles. The Labute approximate surface area is 109 Å². The van der Waals surface area contributed by atoms with Crippen LogP contribution < -0.4 is 4.74 Å². The third-order valence-corrected chi connectivity index (χ3v) is 3.40. The van der Waals surface area contributed by atoms with Crippen molar-refractivity contribution in [2.24, 2.45) is 0 Å². The first kappa shape index (κ1) is 13.2. The maximum Gasteiger partial charge on any atom is 0.119 e. The van der Waals surface area contributed by atoms with Gasteiger partial charge in [0.25, 0.3) is 0 Å². The molecule has 2 rings (SSSR count). The van der Waals surface area contributed by atoms with Gasteiger partial charge in [-0.1, -0.05) is 18.2 Å². The lowest BCUT2D eigenvalue weighted by Crippen LogP contribution is -2.16. The van der Waals surface area contributed by atoms with E-state index in [0.29, 0.717) is 13.0 Å². The molecule has 0 saturated heterocycles. The second-order valence-electron chi connectivity index (χ2n) is 4.99. The Morgan fingerprint density at radius 2 is 2.22 bits per heavy atom. The highest BCUT2D eigenvalue weighted by atomic mass is 16.5. The minimum Gasteiger partial charge on any atom is -0.493 e. The molecule has 2 nitrogen and oxygen atoms in total. The average Bonchev–Trinajstić information content (AvgIpc) is 2.40. The van der Waals surface area contributed by atoms with Crippen molar-refractivity contribution in [1.82, 2.24) is 0 Å². The lowest BCUT2D eigenvalue weighted by atomic mass is 9.94. The van der Waals surface area contributed by atoms with Gasteiger partial charge in [-0.3, -0.25) is 0 Å². The van der Waals surface area contributed by atoms with E-state index >= 15 is 0 Å². The van der Waals surface area contributed by atoms with E-state index in [9.17, 15) is 5.11 Å². The zero-order chi connectivity index (χ0) is 12.8. The molecule has 1 aliphatic rings. The summed E-state index contributed by atoms with van der Waals surface area (Å²) in [4.78, 5) is 0. The molecule has 1 aromatic rings. The van der Waals surface area contributed by atoms with Gasteiger partial charge in [0.05, 0.1) is 12.7 Å². The van der Waals surface area contributed by atoms with E-state index in [1.807, 2.05) is 18.2 Å². The Kier molecular flexibility index (Phi) is 4.82. The van der Waals surface area contributed by atoms with Crippen molar-refractivity contribution in [1.29, 1.82) is 0 Å². The van der Waals surface area contributed by atoms with Crippen LogP contribution in [0.4, 0.5) is 0 Å². The maximum atomic E-state index is 10.1. The van der Waals surface area contributed by atoms with Crippen molar-refractivity contribution < 1.29 is 9.84 Å². The summed E-state index contributed by atoms with van der Waals surface area (Å²) in [6, 6.07) is 8.02. The summed E-state index contributed by atoms with van der Waals surface area (Å²) in [6.45, 7) is 2.62. The van der Waals surface area contributed by atoms with Gasteiger partial charge in [0, 0.05) is 6.42 Å². The summed E-state index contributed by atoms with van der Waals surface area (Å²) in [6.07, 6.45) is 7.18. The first-order valence-corrected chi connectivity index (χ1v) is 6.82. The first-order valence-electron chi connectivity index (χ1n) is 6.82. The van der Waals surface area contributed by atoms with Crippen LogP contribution in [0.25, 0.3) is 0 Å². The summed E-state index contributed by atoms with van der Waals surface area (Å²) in [5.74, 6) is 0.889. The highest BCUT2D eigenvalue weighted by Gasteiger charge is 2.13. The molecule has 0 aliphatic heterocycles. The molecule has 0 saturated carbocycles. The molecule has 1 aliphatic carbocycles. The van der Waals surface area contributed by atoms with Crippen molar-refractivity contribution in [3.8, 4) is 5.75 Å². The molecule has 18 heavy (non-hydrogen) atoms. The fourth-order valence-electron chi connectivity index (χ4n) is 2.34. The van der Waals surface area contributed by atoms with Crippen molar-refractivity contribution in [2.75, 3.05) is 6.61 Å². The Balaban J connectivity index is 1.76. The van der Waals surface area contributed by atoms with Gasteiger partial charge in [0.15, 0.2) is 0 Å². The molecule has 0 bridgehead atoms. The number of rotatable bonds is 5. The van der Waals surface area contributed by atoms with Gasteiger partial charge < -0.3 is 9.84 Å². The van der Waals surface area contributed by atoms with Crippen LogP contribution in [0.5, 0.6) is 5.75 Å². The Bertz CT molecular complexity index is 409. The predicted molar refractivity (Wildman–Crippen MR) is 73.8 cm³/mol. The molecule has 1 atom stereocenters. The summed E-state index contributed by atoms with van der Waals surface area (Å²) in [7, 11) is 0. The number of hydrogen-bond acceptors (Lipinski definition) is 2. The highest BCUT2D eigenvalue weighted by Crippen LogP contribution is 2.22. The summed E-state index contributed by atoms with van der Waals surface area (Å²) in [5.41, 5.74) is 2.40. The standard InChI is InChI=1S/C16H22O2/c1-13-6-5-9-15(12-13)18-11-10-16(17)14-7-3-2-4-8-14/h5-7,9,12,16-17H,2-4,8,10-11H2,1H3. The smallest absolute Gasteiger partial charge is 0.119 e. The number of allylic oxidation sites excluding steroid dienone is 1. The van der Waals surface area contributed by atoms with Crippen LogP contribution in [0.15, 0.2) is 35.9 Å². The van der Waals surface area contributed by atoms with Gasteiger partial charge in [-0.15, -0.1) is 0 Å². The molecule has 0 heterocycles. The van der Waals surface area contributed by atoms with Crippen LogP contribution in [0.1, 0.15) is 37.7 Å². The van der Waals surface area contributed by atoms with E-state index in [-0.39, 0.29) is 6.10 Å². The van der Waals surface area contributed by atoms with E-state index in [0.717, 1.165) is 18.6 Å². The van der Waals surface area contributed by atoms with E-state index in [1.165, 1.54) is 24.0 Å². The van der Waals surface area contributed by atoms with E-state index in [2.05, 4.69) is 19.1 Å². The predicted octanol–water partition coefficient (Wildman–Crippen LogP) is 3.63. The number of aryl methyl sites for hydroxylation is 1. The SMILES string of the molecule is Cc1cccc(OCCC(O)C2=CCCCC2)c1. The Morgan fingerprint density at radius 1 is 1.33 bits per heavy atom. The van der Waals surface area contributed by atoms with Gasteiger partial charge >= 0.3 is 0 Å². The van der Waals surface area contributed by atoms with Gasteiger partial charge in [-0.05, 0) is 55.9 Å². The van der Waals surface area contributed by atoms with E-state index < -0.39 is 0 Å². The zero-order valence-electron chi connectivity index (χ0n) is 11.1. The normalized spacial score (nSPS) is 17.1. The number of aliphatic hydroxyl groups excluding tert-OH is 1. The van der Waals surface area contributed by atoms with Gasteiger partial charge in [0.2, 0.25) is 0 Å². The largest absolute Gasteiger partial charge is 0.493 e. The van der Waals surface area contributed by atoms with Crippen molar-refractivity contribution in [3.05, 3.63) is 41.5 Å². The minimum atomic E-state index is -0.324. The molecule has 1 N–H and O–H groups in total. The fourth-order valence-corrected chi connectivity index (χ4v) is 2.34. The first-order chi connectivity index (χ1) is 8.75. The zero-order valence-corrected chi connectivity index (χ0v) is 11.1. The fraction of sp³-hybridized carbons (Fsp3) is 0.500. The lowest BCUT2D eigenvalue weighted by molar-refractivity contribution is 0.163. The topological polar surface area (TPSA) is 29.5 Å². The number of benzene rings is 1.